The molecule has 7 heteroatoms. The Morgan fingerprint density at radius 1 is 1.04 bits per heavy atom. The molecule has 2 aromatic carbocycles. The highest BCUT2D eigenvalue weighted by atomic mass is 35.5. The molecule has 0 radical (unpaired) electrons. The fraction of sp³-hybridized carbons (Fsp3) is 0.0625. The van der Waals surface area contributed by atoms with Crippen LogP contribution in [0.2, 0.25) is 5.02 Å². The predicted molar refractivity (Wildman–Crippen MR) is 83.1 cm³/mol. The van der Waals surface area contributed by atoms with E-state index in [2.05, 4.69) is 10.3 Å². The van der Waals surface area contributed by atoms with Crippen molar-refractivity contribution in [3.63, 3.8) is 0 Å². The Morgan fingerprint density at radius 3 is 2.57 bits per heavy atom. The molecule has 3 rings (SSSR count). The van der Waals surface area contributed by atoms with Crippen LogP contribution in [0.4, 0.5) is 24.7 Å². The van der Waals surface area contributed by atoms with Crippen molar-refractivity contribution >= 4 is 34.0 Å². The second kappa shape index (κ2) is 5.62. The van der Waals surface area contributed by atoms with Gasteiger partial charge in [-0.2, -0.15) is 13.2 Å². The molecule has 2 N–H and O–H groups in total. The van der Waals surface area contributed by atoms with Gasteiger partial charge in [-0.15, -0.1) is 0 Å². The SMILES string of the molecule is Oc1cccc2nc(Nc3ccc(Cl)c(C(F)(F)F)c3)ccc12. The maximum Gasteiger partial charge on any atom is 0.417 e. The van der Waals surface area contributed by atoms with Gasteiger partial charge in [0.1, 0.15) is 11.6 Å². The first-order valence-corrected chi connectivity index (χ1v) is 6.95. The summed E-state index contributed by atoms with van der Waals surface area (Å²) in [7, 11) is 0. The van der Waals surface area contributed by atoms with Crippen molar-refractivity contribution in [1.82, 2.24) is 4.98 Å². The van der Waals surface area contributed by atoms with E-state index in [0.717, 1.165) is 6.07 Å². The van der Waals surface area contributed by atoms with E-state index >= 15 is 0 Å². The molecule has 1 aromatic heterocycles. The van der Waals surface area contributed by atoms with Crippen LogP contribution in [0.3, 0.4) is 0 Å². The van der Waals surface area contributed by atoms with Gasteiger partial charge < -0.3 is 10.4 Å². The topological polar surface area (TPSA) is 45.2 Å². The minimum atomic E-state index is -4.53. The minimum Gasteiger partial charge on any atom is -0.507 e. The minimum absolute atomic E-state index is 0.0902. The Morgan fingerprint density at radius 2 is 1.83 bits per heavy atom. The molecule has 1 heterocycles. The van der Waals surface area contributed by atoms with E-state index < -0.39 is 11.7 Å². The van der Waals surface area contributed by atoms with E-state index in [1.165, 1.54) is 18.2 Å². The predicted octanol–water partition coefficient (Wildman–Crippen LogP) is 5.36. The molecule has 0 spiro atoms. The van der Waals surface area contributed by atoms with E-state index in [-0.39, 0.29) is 16.5 Å². The van der Waals surface area contributed by atoms with Crippen molar-refractivity contribution < 1.29 is 18.3 Å². The average Bonchev–Trinajstić information content (AvgIpc) is 2.48. The Hall–Kier alpha value is -2.47. The van der Waals surface area contributed by atoms with Gasteiger partial charge in [-0.25, -0.2) is 4.98 Å². The summed E-state index contributed by atoms with van der Waals surface area (Å²) in [5, 5.41) is 12.7. The van der Waals surface area contributed by atoms with Gasteiger partial charge in [-0.05, 0) is 42.5 Å². The molecule has 3 nitrogen and oxygen atoms in total. The van der Waals surface area contributed by atoms with Crippen molar-refractivity contribution in [2.75, 3.05) is 5.32 Å². The Kier molecular flexibility index (Phi) is 3.77. The van der Waals surface area contributed by atoms with Gasteiger partial charge >= 0.3 is 6.18 Å². The summed E-state index contributed by atoms with van der Waals surface area (Å²) >= 11 is 5.59. The summed E-state index contributed by atoms with van der Waals surface area (Å²) < 4.78 is 38.6. The molecular formula is C16H10ClF3N2O. The molecule has 0 atom stereocenters. The lowest BCUT2D eigenvalue weighted by atomic mass is 10.2. The van der Waals surface area contributed by atoms with Gasteiger partial charge in [0.15, 0.2) is 0 Å². The van der Waals surface area contributed by atoms with E-state index in [0.29, 0.717) is 16.7 Å². The van der Waals surface area contributed by atoms with Crippen LogP contribution in [-0.2, 0) is 6.18 Å². The first kappa shape index (κ1) is 15.4. The average molecular weight is 339 g/mol. The van der Waals surface area contributed by atoms with E-state index in [4.69, 9.17) is 11.6 Å². The third kappa shape index (κ3) is 3.17. The maximum absolute atomic E-state index is 12.9. The number of phenolic OH excluding ortho intramolecular Hbond substituents is 1. The monoisotopic (exact) mass is 338 g/mol. The molecule has 0 saturated heterocycles. The van der Waals surface area contributed by atoms with Crippen LogP contribution in [0.25, 0.3) is 10.9 Å². The summed E-state index contributed by atoms with van der Waals surface area (Å²) in [6, 6.07) is 11.6. The molecule has 0 aliphatic heterocycles. The maximum atomic E-state index is 12.9. The molecule has 0 amide bonds. The number of aromatic nitrogens is 1. The van der Waals surface area contributed by atoms with Crippen LogP contribution in [0.5, 0.6) is 5.75 Å². The molecule has 118 valence electrons. The molecule has 0 aliphatic rings. The summed E-state index contributed by atoms with van der Waals surface area (Å²) in [4.78, 5) is 4.26. The third-order valence-corrected chi connectivity index (χ3v) is 3.58. The molecular weight excluding hydrogens is 329 g/mol. The number of fused-ring (bicyclic) bond motifs is 1. The van der Waals surface area contributed by atoms with Crippen LogP contribution >= 0.6 is 11.6 Å². The summed E-state index contributed by atoms with van der Waals surface area (Å²) in [5.41, 5.74) is -0.170. The number of rotatable bonds is 2. The van der Waals surface area contributed by atoms with Crippen LogP contribution in [-0.4, -0.2) is 10.1 Å². The standard InChI is InChI=1S/C16H10ClF3N2O/c17-12-6-4-9(8-11(12)16(18,19)20)21-15-7-5-10-13(22-15)2-1-3-14(10)23/h1-8,23H,(H,21,22). The van der Waals surface area contributed by atoms with Crippen molar-refractivity contribution in [2.24, 2.45) is 0 Å². The molecule has 3 aromatic rings. The molecule has 0 unspecified atom stereocenters. The number of anilines is 2. The summed E-state index contributed by atoms with van der Waals surface area (Å²) in [6.07, 6.45) is -4.53. The molecule has 0 fully saturated rings. The van der Waals surface area contributed by atoms with Gasteiger partial charge in [0.05, 0.1) is 16.1 Å². The van der Waals surface area contributed by atoms with Gasteiger partial charge in [-0.3, -0.25) is 0 Å². The smallest absolute Gasteiger partial charge is 0.417 e. The lowest BCUT2D eigenvalue weighted by Gasteiger charge is -2.12. The zero-order chi connectivity index (χ0) is 16.6. The van der Waals surface area contributed by atoms with Crippen molar-refractivity contribution in [2.45, 2.75) is 6.18 Å². The Balaban J connectivity index is 1.96. The van der Waals surface area contributed by atoms with Gasteiger partial charge in [-0.1, -0.05) is 17.7 Å². The second-order valence-electron chi connectivity index (χ2n) is 4.86. The molecule has 0 saturated carbocycles. The number of nitrogens with zero attached hydrogens (tertiary/aromatic N) is 1. The number of hydrogen-bond donors (Lipinski definition) is 2. The third-order valence-electron chi connectivity index (χ3n) is 3.25. The number of halogens is 4. The lowest BCUT2D eigenvalue weighted by molar-refractivity contribution is -0.137. The number of alkyl halides is 3. The number of nitrogens with one attached hydrogen (secondary N) is 1. The number of phenols is 1. The van der Waals surface area contributed by atoms with Crippen LogP contribution in [0, 0.1) is 0 Å². The van der Waals surface area contributed by atoms with Gasteiger partial charge in [0.2, 0.25) is 0 Å². The first-order valence-electron chi connectivity index (χ1n) is 6.57. The van der Waals surface area contributed by atoms with Crippen LogP contribution < -0.4 is 5.32 Å². The number of benzene rings is 2. The zero-order valence-corrected chi connectivity index (χ0v) is 12.3. The molecule has 0 aliphatic carbocycles. The highest BCUT2D eigenvalue weighted by Gasteiger charge is 2.33. The van der Waals surface area contributed by atoms with Gasteiger partial charge in [0.25, 0.3) is 0 Å². The fourth-order valence-electron chi connectivity index (χ4n) is 2.18. The number of hydrogen-bond acceptors (Lipinski definition) is 3. The fourth-order valence-corrected chi connectivity index (χ4v) is 2.40. The van der Waals surface area contributed by atoms with Crippen molar-refractivity contribution in [3.8, 4) is 5.75 Å². The zero-order valence-electron chi connectivity index (χ0n) is 11.5. The molecule has 0 bridgehead atoms. The van der Waals surface area contributed by atoms with E-state index in [9.17, 15) is 18.3 Å². The van der Waals surface area contributed by atoms with E-state index in [1.54, 1.807) is 24.3 Å². The summed E-state index contributed by atoms with van der Waals surface area (Å²) in [6.45, 7) is 0. The largest absolute Gasteiger partial charge is 0.507 e. The van der Waals surface area contributed by atoms with Crippen molar-refractivity contribution in [1.29, 1.82) is 0 Å². The number of pyridine rings is 1. The van der Waals surface area contributed by atoms with Gasteiger partial charge in [0, 0.05) is 11.1 Å². The highest BCUT2D eigenvalue weighted by molar-refractivity contribution is 6.31. The molecule has 23 heavy (non-hydrogen) atoms. The van der Waals surface area contributed by atoms with Crippen LogP contribution in [0.1, 0.15) is 5.56 Å². The highest BCUT2D eigenvalue weighted by Crippen LogP contribution is 2.36. The first-order chi connectivity index (χ1) is 10.8. The Bertz CT molecular complexity index is 881. The Labute approximate surface area is 134 Å². The van der Waals surface area contributed by atoms with Crippen molar-refractivity contribution in [3.05, 3.63) is 59.1 Å². The van der Waals surface area contributed by atoms with E-state index in [1.807, 2.05) is 0 Å². The summed E-state index contributed by atoms with van der Waals surface area (Å²) in [5.74, 6) is 0.450. The second-order valence-corrected chi connectivity index (χ2v) is 5.26. The quantitative estimate of drug-likeness (QED) is 0.661. The normalized spacial score (nSPS) is 11.7. The van der Waals surface area contributed by atoms with Crippen LogP contribution in [0.15, 0.2) is 48.5 Å². The lowest BCUT2D eigenvalue weighted by Crippen LogP contribution is -2.06. The number of aromatic hydroxyl groups is 1.